The summed E-state index contributed by atoms with van der Waals surface area (Å²) in [4.78, 5) is 13.4. The predicted octanol–water partition coefficient (Wildman–Crippen LogP) is 2.57. The van der Waals surface area contributed by atoms with Crippen LogP contribution in [0.5, 0.6) is 0 Å². The highest BCUT2D eigenvalue weighted by Gasteiger charge is 2.10. The molecule has 2 aromatic carbocycles. The lowest BCUT2D eigenvalue weighted by molar-refractivity contribution is 0.112. The molecule has 0 spiro atoms. The van der Waals surface area contributed by atoms with Gasteiger partial charge in [0.2, 0.25) is 0 Å². The molecule has 2 aromatic rings. The van der Waals surface area contributed by atoms with Gasteiger partial charge in [0.25, 0.3) is 0 Å². The molecule has 1 aliphatic rings. The number of nitrogens with zero attached hydrogens (tertiary/aromatic N) is 1. The molecule has 0 aromatic heterocycles. The third-order valence-corrected chi connectivity index (χ3v) is 3.90. The predicted molar refractivity (Wildman–Crippen MR) is 85.4 cm³/mol. The van der Waals surface area contributed by atoms with Crippen LogP contribution in [0.4, 0.5) is 0 Å². The Morgan fingerprint density at radius 2 is 1.71 bits per heavy atom. The van der Waals surface area contributed by atoms with Crippen LogP contribution in [-0.4, -0.2) is 37.4 Å². The van der Waals surface area contributed by atoms with Crippen molar-refractivity contribution in [1.82, 2.24) is 10.2 Å². The fraction of sp³-hybridized carbons (Fsp3) is 0.278. The molecule has 0 unspecified atom stereocenters. The van der Waals surface area contributed by atoms with E-state index in [2.05, 4.69) is 40.5 Å². The molecule has 0 amide bonds. The molecular weight excluding hydrogens is 260 g/mol. The van der Waals surface area contributed by atoms with Crippen LogP contribution in [0.3, 0.4) is 0 Å². The number of rotatable bonds is 4. The summed E-state index contributed by atoms with van der Waals surface area (Å²) in [5, 5.41) is 3.38. The van der Waals surface area contributed by atoms with Gasteiger partial charge in [0, 0.05) is 38.3 Å². The van der Waals surface area contributed by atoms with E-state index in [-0.39, 0.29) is 0 Å². The second kappa shape index (κ2) is 6.66. The Bertz CT molecular complexity index is 618. The highest BCUT2D eigenvalue weighted by molar-refractivity contribution is 5.78. The quantitative estimate of drug-likeness (QED) is 0.874. The van der Waals surface area contributed by atoms with Gasteiger partial charge in [-0.2, -0.15) is 0 Å². The summed E-state index contributed by atoms with van der Waals surface area (Å²) in [6, 6.07) is 16.4. The van der Waals surface area contributed by atoms with Crippen molar-refractivity contribution >= 4 is 6.29 Å². The van der Waals surface area contributed by atoms with Crippen LogP contribution in [0.2, 0.25) is 0 Å². The van der Waals surface area contributed by atoms with E-state index in [4.69, 9.17) is 0 Å². The molecule has 0 radical (unpaired) electrons. The Morgan fingerprint density at radius 3 is 2.48 bits per heavy atom. The van der Waals surface area contributed by atoms with Crippen LogP contribution in [0, 0.1) is 0 Å². The Balaban J connectivity index is 1.80. The average molecular weight is 280 g/mol. The third-order valence-electron chi connectivity index (χ3n) is 3.90. The molecule has 1 fully saturated rings. The zero-order valence-corrected chi connectivity index (χ0v) is 12.1. The van der Waals surface area contributed by atoms with E-state index < -0.39 is 0 Å². The molecule has 0 aliphatic carbocycles. The normalized spacial score (nSPS) is 15.8. The van der Waals surface area contributed by atoms with Gasteiger partial charge in [0.05, 0.1) is 0 Å². The summed E-state index contributed by atoms with van der Waals surface area (Å²) in [6.45, 7) is 5.33. The Kier molecular flexibility index (Phi) is 4.43. The van der Waals surface area contributed by atoms with Crippen molar-refractivity contribution in [3.05, 3.63) is 59.7 Å². The van der Waals surface area contributed by atoms with Gasteiger partial charge >= 0.3 is 0 Å². The monoisotopic (exact) mass is 280 g/mol. The van der Waals surface area contributed by atoms with E-state index in [1.54, 1.807) is 0 Å². The number of benzene rings is 2. The first-order chi connectivity index (χ1) is 10.3. The summed E-state index contributed by atoms with van der Waals surface area (Å²) in [5.74, 6) is 0. The number of carbonyl (C=O) groups is 1. The number of aldehydes is 1. The van der Waals surface area contributed by atoms with Gasteiger partial charge in [-0.25, -0.2) is 0 Å². The molecule has 0 bridgehead atoms. The lowest BCUT2D eigenvalue weighted by Crippen LogP contribution is -2.42. The fourth-order valence-corrected chi connectivity index (χ4v) is 2.77. The van der Waals surface area contributed by atoms with Crippen LogP contribution in [0.25, 0.3) is 11.1 Å². The van der Waals surface area contributed by atoms with Crippen molar-refractivity contribution in [3.63, 3.8) is 0 Å². The first kappa shape index (κ1) is 14.0. The molecule has 1 saturated heterocycles. The second-order valence-corrected chi connectivity index (χ2v) is 5.47. The van der Waals surface area contributed by atoms with E-state index in [9.17, 15) is 4.79 Å². The van der Waals surface area contributed by atoms with Crippen molar-refractivity contribution in [2.24, 2.45) is 0 Å². The Hall–Kier alpha value is -1.97. The molecule has 1 aliphatic heterocycles. The van der Waals surface area contributed by atoms with Crippen LogP contribution in [-0.2, 0) is 6.54 Å². The van der Waals surface area contributed by atoms with Crippen LogP contribution in [0.1, 0.15) is 15.9 Å². The van der Waals surface area contributed by atoms with E-state index in [1.165, 1.54) is 11.1 Å². The summed E-state index contributed by atoms with van der Waals surface area (Å²) in [5.41, 5.74) is 4.32. The number of carbonyl (C=O) groups excluding carboxylic acids is 1. The molecule has 0 saturated carbocycles. The maximum atomic E-state index is 10.9. The molecule has 3 heteroatoms. The second-order valence-electron chi connectivity index (χ2n) is 5.47. The molecule has 3 nitrogen and oxygen atoms in total. The van der Waals surface area contributed by atoms with Crippen molar-refractivity contribution in [2.75, 3.05) is 26.2 Å². The lowest BCUT2D eigenvalue weighted by atomic mass is 10.0. The third kappa shape index (κ3) is 3.57. The molecule has 108 valence electrons. The summed E-state index contributed by atoms with van der Waals surface area (Å²) in [7, 11) is 0. The van der Waals surface area contributed by atoms with Gasteiger partial charge in [-0.05, 0) is 28.8 Å². The maximum Gasteiger partial charge on any atom is 0.150 e. The summed E-state index contributed by atoms with van der Waals surface area (Å²) in [6.07, 6.45) is 0.897. The van der Waals surface area contributed by atoms with Gasteiger partial charge in [0.1, 0.15) is 6.29 Å². The van der Waals surface area contributed by atoms with Gasteiger partial charge in [0.15, 0.2) is 0 Å². The standard InChI is InChI=1S/C18H20N2O/c21-14-16-4-2-6-18(12-16)17-5-1-3-15(11-17)13-20-9-7-19-8-10-20/h1-6,11-12,14,19H,7-10,13H2. The Labute approximate surface area is 125 Å². The van der Waals surface area contributed by atoms with Gasteiger partial charge in [-0.1, -0.05) is 36.4 Å². The van der Waals surface area contributed by atoms with Crippen LogP contribution >= 0.6 is 0 Å². The first-order valence-electron chi connectivity index (χ1n) is 7.43. The van der Waals surface area contributed by atoms with Crippen LogP contribution in [0.15, 0.2) is 48.5 Å². The van der Waals surface area contributed by atoms with Gasteiger partial charge in [-0.3, -0.25) is 9.69 Å². The molecule has 21 heavy (non-hydrogen) atoms. The number of piperazine rings is 1. The average Bonchev–Trinajstić information content (AvgIpc) is 2.56. The fourth-order valence-electron chi connectivity index (χ4n) is 2.77. The number of nitrogens with one attached hydrogen (secondary N) is 1. The van der Waals surface area contributed by atoms with E-state index >= 15 is 0 Å². The van der Waals surface area contributed by atoms with Crippen molar-refractivity contribution in [1.29, 1.82) is 0 Å². The van der Waals surface area contributed by atoms with E-state index in [1.807, 2.05) is 18.2 Å². The largest absolute Gasteiger partial charge is 0.314 e. The number of hydrogen-bond acceptors (Lipinski definition) is 3. The number of hydrogen-bond donors (Lipinski definition) is 1. The van der Waals surface area contributed by atoms with Crippen molar-refractivity contribution < 1.29 is 4.79 Å². The lowest BCUT2D eigenvalue weighted by Gasteiger charge is -2.27. The summed E-state index contributed by atoms with van der Waals surface area (Å²) < 4.78 is 0. The highest BCUT2D eigenvalue weighted by Crippen LogP contribution is 2.22. The SMILES string of the molecule is O=Cc1cccc(-c2cccc(CN3CCNCC3)c2)c1. The molecular formula is C18H20N2O. The minimum Gasteiger partial charge on any atom is -0.314 e. The molecule has 1 heterocycles. The van der Waals surface area contributed by atoms with Crippen molar-refractivity contribution in [3.8, 4) is 11.1 Å². The maximum absolute atomic E-state index is 10.9. The first-order valence-corrected chi connectivity index (χ1v) is 7.43. The highest BCUT2D eigenvalue weighted by atomic mass is 16.1. The van der Waals surface area contributed by atoms with Gasteiger partial charge in [-0.15, -0.1) is 0 Å². The zero-order valence-electron chi connectivity index (χ0n) is 12.1. The topological polar surface area (TPSA) is 32.3 Å². The molecule has 0 atom stereocenters. The summed E-state index contributed by atoms with van der Waals surface area (Å²) >= 11 is 0. The van der Waals surface area contributed by atoms with E-state index in [0.717, 1.165) is 50.1 Å². The zero-order chi connectivity index (χ0) is 14.5. The molecule has 1 N–H and O–H groups in total. The van der Waals surface area contributed by atoms with Gasteiger partial charge < -0.3 is 5.32 Å². The van der Waals surface area contributed by atoms with E-state index in [0.29, 0.717) is 0 Å². The minimum absolute atomic E-state index is 0.722. The van der Waals surface area contributed by atoms with Crippen LogP contribution < -0.4 is 5.32 Å². The molecule has 3 rings (SSSR count). The Morgan fingerprint density at radius 1 is 1.00 bits per heavy atom. The minimum atomic E-state index is 0.722. The van der Waals surface area contributed by atoms with Crippen molar-refractivity contribution in [2.45, 2.75) is 6.54 Å². The smallest absolute Gasteiger partial charge is 0.150 e.